The van der Waals surface area contributed by atoms with Crippen molar-refractivity contribution in [3.8, 4) is 0 Å². The van der Waals surface area contributed by atoms with E-state index < -0.39 is 0 Å². The third-order valence-electron chi connectivity index (χ3n) is 2.97. The molecule has 21 heavy (non-hydrogen) atoms. The lowest BCUT2D eigenvalue weighted by Crippen LogP contribution is -2.09. The van der Waals surface area contributed by atoms with E-state index in [2.05, 4.69) is 28.2 Å². The van der Waals surface area contributed by atoms with Crippen LogP contribution in [0.1, 0.15) is 15.8 Å². The molecule has 108 valence electrons. The van der Waals surface area contributed by atoms with Gasteiger partial charge in [-0.05, 0) is 35.0 Å². The maximum absolute atomic E-state index is 6.27. The van der Waals surface area contributed by atoms with E-state index in [4.69, 9.17) is 34.8 Å². The van der Waals surface area contributed by atoms with Gasteiger partial charge in [0.2, 0.25) is 0 Å². The van der Waals surface area contributed by atoms with Crippen LogP contribution in [0.5, 0.6) is 0 Å². The van der Waals surface area contributed by atoms with Crippen molar-refractivity contribution in [2.45, 2.75) is 6.04 Å². The number of hydrogen-bond donors (Lipinski definition) is 1. The summed E-state index contributed by atoms with van der Waals surface area (Å²) in [4.78, 5) is 2.44. The summed E-state index contributed by atoms with van der Waals surface area (Å²) in [5.74, 6) is 0. The van der Waals surface area contributed by atoms with Crippen LogP contribution in [0, 0.1) is 0 Å². The third-order valence-corrected chi connectivity index (χ3v) is 5.87. The molecule has 0 aliphatic rings. The van der Waals surface area contributed by atoms with Gasteiger partial charge in [-0.25, -0.2) is 0 Å². The fraction of sp³-hybridized carbons (Fsp3) is 0.0667. The summed E-state index contributed by atoms with van der Waals surface area (Å²) in [6.45, 7) is 0. The maximum Gasteiger partial charge on any atom is 0.0954 e. The Hall–Kier alpha value is -0.710. The largest absolute Gasteiger partial charge is 0.371 e. The van der Waals surface area contributed by atoms with E-state index in [-0.39, 0.29) is 6.04 Å². The number of nitrogens with one attached hydrogen (secondary N) is 1. The van der Waals surface area contributed by atoms with Crippen LogP contribution in [-0.2, 0) is 0 Å². The number of rotatable bonds is 4. The van der Waals surface area contributed by atoms with Crippen LogP contribution in [0.15, 0.2) is 47.2 Å². The number of thiophene rings is 2. The van der Waals surface area contributed by atoms with Crippen LogP contribution in [0.4, 0.5) is 5.69 Å². The Morgan fingerprint density at radius 2 is 1.38 bits per heavy atom. The van der Waals surface area contributed by atoms with E-state index in [9.17, 15) is 0 Å². The molecule has 3 aromatic rings. The van der Waals surface area contributed by atoms with Gasteiger partial charge in [-0.15, -0.1) is 22.7 Å². The van der Waals surface area contributed by atoms with Gasteiger partial charge in [-0.3, -0.25) is 0 Å². The van der Waals surface area contributed by atoms with Gasteiger partial charge in [-0.2, -0.15) is 0 Å². The molecule has 3 rings (SSSR count). The van der Waals surface area contributed by atoms with Gasteiger partial charge in [0, 0.05) is 9.75 Å². The van der Waals surface area contributed by atoms with Crippen molar-refractivity contribution < 1.29 is 0 Å². The van der Waals surface area contributed by atoms with Gasteiger partial charge in [-0.1, -0.05) is 46.9 Å². The fourth-order valence-electron chi connectivity index (χ4n) is 1.98. The lowest BCUT2D eigenvalue weighted by molar-refractivity contribution is 0.993. The van der Waals surface area contributed by atoms with Gasteiger partial charge in [0.05, 0.1) is 26.8 Å². The molecule has 2 heterocycles. The molecule has 0 amide bonds. The van der Waals surface area contributed by atoms with Crippen LogP contribution < -0.4 is 5.32 Å². The van der Waals surface area contributed by atoms with Crippen molar-refractivity contribution in [1.29, 1.82) is 0 Å². The van der Waals surface area contributed by atoms with Crippen LogP contribution in [0.25, 0.3) is 0 Å². The molecule has 1 nitrogen and oxygen atoms in total. The summed E-state index contributed by atoms with van der Waals surface area (Å²) in [5, 5.41) is 9.09. The minimum Gasteiger partial charge on any atom is -0.371 e. The Balaban J connectivity index is 1.98. The monoisotopic (exact) mass is 373 g/mol. The van der Waals surface area contributed by atoms with Crippen molar-refractivity contribution in [3.05, 3.63) is 72.0 Å². The number of benzene rings is 1. The Kier molecular flexibility index (Phi) is 4.77. The van der Waals surface area contributed by atoms with E-state index in [1.54, 1.807) is 34.8 Å². The van der Waals surface area contributed by atoms with E-state index in [0.717, 1.165) is 5.69 Å². The first kappa shape index (κ1) is 15.2. The predicted octanol–water partition coefficient (Wildman–Crippen LogP) is 6.97. The lowest BCUT2D eigenvalue weighted by Gasteiger charge is -2.19. The molecular formula is C15H10Cl3NS2. The molecule has 2 aromatic heterocycles. The summed E-state index contributed by atoms with van der Waals surface area (Å²) < 4.78 is 0. The SMILES string of the molecule is Clc1cc(Cl)c(NC(c2cccs2)c2cccs2)cc1Cl. The molecule has 0 fully saturated rings. The average molecular weight is 375 g/mol. The van der Waals surface area contributed by atoms with Crippen LogP contribution in [0.2, 0.25) is 15.1 Å². The van der Waals surface area contributed by atoms with Crippen molar-refractivity contribution in [3.63, 3.8) is 0 Å². The molecular weight excluding hydrogens is 365 g/mol. The highest BCUT2D eigenvalue weighted by Crippen LogP contribution is 2.37. The second-order valence-corrected chi connectivity index (χ2v) is 7.53. The first-order chi connectivity index (χ1) is 10.1. The first-order valence-corrected chi connectivity index (χ1v) is 9.02. The molecule has 0 radical (unpaired) electrons. The number of halogens is 3. The molecule has 0 bridgehead atoms. The topological polar surface area (TPSA) is 12.0 Å². The standard InChI is InChI=1S/C15H10Cl3NS2/c16-9-7-11(18)12(8-10(9)17)19-15(13-3-1-5-20-13)14-4-2-6-21-14/h1-8,15,19H. The Morgan fingerprint density at radius 3 is 1.90 bits per heavy atom. The van der Waals surface area contributed by atoms with Gasteiger partial charge < -0.3 is 5.32 Å². The molecule has 0 spiro atoms. The second-order valence-electron chi connectivity index (χ2n) is 4.35. The first-order valence-electron chi connectivity index (χ1n) is 6.13. The summed E-state index contributed by atoms with van der Waals surface area (Å²) in [6, 6.07) is 11.8. The molecule has 1 aromatic carbocycles. The van der Waals surface area contributed by atoms with Crippen LogP contribution in [0.3, 0.4) is 0 Å². The fourth-order valence-corrected chi connectivity index (χ4v) is 4.24. The van der Waals surface area contributed by atoms with Crippen LogP contribution in [-0.4, -0.2) is 0 Å². The van der Waals surface area contributed by atoms with Gasteiger partial charge in [0.1, 0.15) is 0 Å². The quantitative estimate of drug-likeness (QED) is 0.486. The zero-order valence-electron chi connectivity index (χ0n) is 10.6. The molecule has 6 heteroatoms. The highest BCUT2D eigenvalue weighted by Gasteiger charge is 2.18. The molecule has 0 saturated carbocycles. The molecule has 1 N–H and O–H groups in total. The predicted molar refractivity (Wildman–Crippen MR) is 95.6 cm³/mol. The number of hydrogen-bond acceptors (Lipinski definition) is 3. The molecule has 0 saturated heterocycles. The highest BCUT2D eigenvalue weighted by molar-refractivity contribution is 7.11. The maximum atomic E-state index is 6.27. The zero-order valence-corrected chi connectivity index (χ0v) is 14.5. The summed E-state index contributed by atoms with van der Waals surface area (Å²) in [7, 11) is 0. The van der Waals surface area contributed by atoms with Crippen molar-refractivity contribution in [1.82, 2.24) is 0 Å². The second kappa shape index (κ2) is 6.59. The van der Waals surface area contributed by atoms with Crippen molar-refractivity contribution >= 4 is 63.2 Å². The molecule has 0 atom stereocenters. The molecule has 0 aliphatic heterocycles. The number of anilines is 1. The van der Waals surface area contributed by atoms with E-state index in [1.807, 2.05) is 12.1 Å². The van der Waals surface area contributed by atoms with E-state index in [0.29, 0.717) is 15.1 Å². The summed E-state index contributed by atoms with van der Waals surface area (Å²) in [5.41, 5.74) is 0.776. The Bertz CT molecular complexity index is 689. The summed E-state index contributed by atoms with van der Waals surface area (Å²) in [6.07, 6.45) is 0. The third kappa shape index (κ3) is 3.38. The Labute approximate surface area is 146 Å². The zero-order chi connectivity index (χ0) is 14.8. The van der Waals surface area contributed by atoms with Gasteiger partial charge in [0.25, 0.3) is 0 Å². The highest BCUT2D eigenvalue weighted by atomic mass is 35.5. The normalized spacial score (nSPS) is 11.0. The molecule has 0 unspecified atom stereocenters. The van der Waals surface area contributed by atoms with E-state index in [1.165, 1.54) is 9.75 Å². The minimum absolute atomic E-state index is 0.0553. The van der Waals surface area contributed by atoms with Crippen molar-refractivity contribution in [2.75, 3.05) is 5.32 Å². The van der Waals surface area contributed by atoms with Gasteiger partial charge in [0.15, 0.2) is 0 Å². The lowest BCUT2D eigenvalue weighted by atomic mass is 10.2. The van der Waals surface area contributed by atoms with Gasteiger partial charge >= 0.3 is 0 Å². The van der Waals surface area contributed by atoms with Crippen molar-refractivity contribution in [2.24, 2.45) is 0 Å². The smallest absolute Gasteiger partial charge is 0.0954 e. The average Bonchev–Trinajstić information content (AvgIpc) is 3.14. The van der Waals surface area contributed by atoms with Crippen LogP contribution >= 0.6 is 57.5 Å². The molecule has 0 aliphatic carbocycles. The van der Waals surface area contributed by atoms with E-state index >= 15 is 0 Å². The minimum atomic E-state index is 0.0553. The summed E-state index contributed by atoms with van der Waals surface area (Å²) >= 11 is 21.8. The Morgan fingerprint density at radius 1 is 0.810 bits per heavy atom.